The molecule has 3 aromatic rings. The lowest BCUT2D eigenvalue weighted by Gasteiger charge is -2.12. The topological polar surface area (TPSA) is 119 Å². The SMILES string of the molecule is CCCCOC(=O)c1ccc(-c2ccc(C=C(C#N)C(=O)Nc3sc4c(c3C(=O)OCCCC)CCCC4)o2)cc1. The Morgan fingerprint density at radius 3 is 2.34 bits per heavy atom. The third-order valence-corrected chi connectivity index (χ3v) is 7.96. The van der Waals surface area contributed by atoms with E-state index in [4.69, 9.17) is 13.9 Å². The van der Waals surface area contributed by atoms with Crippen LogP contribution in [0.5, 0.6) is 0 Å². The van der Waals surface area contributed by atoms with Crippen LogP contribution in [0.15, 0.2) is 46.4 Å². The first-order valence-corrected chi connectivity index (χ1v) is 14.9. The monoisotopic (exact) mass is 574 g/mol. The van der Waals surface area contributed by atoms with Crippen LogP contribution in [0.1, 0.15) is 89.3 Å². The zero-order valence-electron chi connectivity index (χ0n) is 23.4. The summed E-state index contributed by atoms with van der Waals surface area (Å²) >= 11 is 1.38. The predicted molar refractivity (Wildman–Crippen MR) is 158 cm³/mol. The molecule has 214 valence electrons. The first kappa shape index (κ1) is 29.8. The number of unbranched alkanes of at least 4 members (excludes halogenated alkanes) is 2. The first-order chi connectivity index (χ1) is 19.9. The number of fused-ring (bicyclic) bond motifs is 1. The summed E-state index contributed by atoms with van der Waals surface area (Å²) < 4.78 is 16.6. The lowest BCUT2D eigenvalue weighted by atomic mass is 9.95. The average molecular weight is 575 g/mol. The molecule has 9 heteroatoms. The zero-order valence-corrected chi connectivity index (χ0v) is 24.2. The lowest BCUT2D eigenvalue weighted by Crippen LogP contribution is -2.17. The number of hydrogen-bond acceptors (Lipinski definition) is 8. The van der Waals surface area contributed by atoms with Gasteiger partial charge in [-0.15, -0.1) is 11.3 Å². The number of carbonyl (C=O) groups excluding carboxylic acids is 3. The summed E-state index contributed by atoms with van der Waals surface area (Å²) in [5.41, 5.74) is 2.37. The van der Waals surface area contributed by atoms with E-state index in [-0.39, 0.29) is 11.5 Å². The molecule has 2 heterocycles. The number of rotatable bonds is 12. The number of amides is 1. The van der Waals surface area contributed by atoms with Gasteiger partial charge in [0.2, 0.25) is 0 Å². The van der Waals surface area contributed by atoms with Gasteiger partial charge in [-0.3, -0.25) is 4.79 Å². The minimum atomic E-state index is -0.627. The minimum absolute atomic E-state index is 0.159. The highest BCUT2D eigenvalue weighted by Gasteiger charge is 2.28. The van der Waals surface area contributed by atoms with Crippen LogP contribution in [0.25, 0.3) is 17.4 Å². The molecule has 1 amide bonds. The number of furan rings is 1. The normalized spacial score (nSPS) is 12.8. The van der Waals surface area contributed by atoms with Gasteiger partial charge < -0.3 is 19.2 Å². The second-order valence-electron chi connectivity index (χ2n) is 9.80. The largest absolute Gasteiger partial charge is 0.462 e. The lowest BCUT2D eigenvalue weighted by molar-refractivity contribution is -0.112. The maximum atomic E-state index is 13.1. The maximum absolute atomic E-state index is 13.1. The molecule has 1 N–H and O–H groups in total. The van der Waals surface area contributed by atoms with Crippen LogP contribution in [0.2, 0.25) is 0 Å². The molecule has 4 rings (SSSR count). The van der Waals surface area contributed by atoms with Crippen molar-refractivity contribution in [3.8, 4) is 17.4 Å². The standard InChI is InChI=1S/C32H34N2O6S/c1-3-5-17-38-31(36)22-13-11-21(12-14-22)26-16-15-24(40-26)19-23(20-33)29(35)34-30-28(32(37)39-18-6-4-2)25-9-7-8-10-27(25)41-30/h11-16,19H,3-10,17-18H2,1-2H3,(H,34,35). The van der Waals surface area contributed by atoms with Crippen LogP contribution in [0.3, 0.4) is 0 Å². The molecule has 0 atom stereocenters. The molecule has 2 aromatic heterocycles. The van der Waals surface area contributed by atoms with Crippen molar-refractivity contribution in [3.05, 3.63) is 69.3 Å². The Labute approximate surface area is 244 Å². The molecule has 8 nitrogen and oxygen atoms in total. The van der Waals surface area contributed by atoms with Crippen molar-refractivity contribution in [2.24, 2.45) is 0 Å². The van der Waals surface area contributed by atoms with Gasteiger partial charge >= 0.3 is 11.9 Å². The molecule has 1 aromatic carbocycles. The molecule has 41 heavy (non-hydrogen) atoms. The molecule has 0 aliphatic heterocycles. The number of thiophene rings is 1. The number of nitrogens with zero attached hydrogens (tertiary/aromatic N) is 1. The molecule has 0 saturated carbocycles. The van der Waals surface area contributed by atoms with Gasteiger partial charge in [-0.1, -0.05) is 38.8 Å². The molecular weight excluding hydrogens is 540 g/mol. The fraction of sp³-hybridized carbons (Fsp3) is 0.375. The van der Waals surface area contributed by atoms with Crippen molar-refractivity contribution in [2.45, 2.75) is 65.2 Å². The van der Waals surface area contributed by atoms with E-state index in [0.717, 1.165) is 67.4 Å². The second kappa shape index (κ2) is 14.5. The number of aryl methyl sites for hydroxylation is 1. The van der Waals surface area contributed by atoms with Gasteiger partial charge in [0, 0.05) is 16.5 Å². The van der Waals surface area contributed by atoms with Gasteiger partial charge in [-0.2, -0.15) is 5.26 Å². The highest BCUT2D eigenvalue weighted by Crippen LogP contribution is 2.39. The Morgan fingerprint density at radius 1 is 0.976 bits per heavy atom. The van der Waals surface area contributed by atoms with Gasteiger partial charge in [0.05, 0.1) is 24.3 Å². The number of anilines is 1. The molecule has 0 radical (unpaired) electrons. The molecule has 1 aliphatic rings. The summed E-state index contributed by atoms with van der Waals surface area (Å²) in [7, 11) is 0. The number of hydrogen-bond donors (Lipinski definition) is 1. The molecule has 0 unspecified atom stereocenters. The Hall–Kier alpha value is -4.16. The van der Waals surface area contributed by atoms with E-state index in [0.29, 0.717) is 40.9 Å². The maximum Gasteiger partial charge on any atom is 0.341 e. The van der Waals surface area contributed by atoms with Crippen molar-refractivity contribution in [2.75, 3.05) is 18.5 Å². The van der Waals surface area contributed by atoms with E-state index < -0.39 is 11.9 Å². The zero-order chi connectivity index (χ0) is 29.2. The molecule has 0 spiro atoms. The number of benzene rings is 1. The average Bonchev–Trinajstić information content (AvgIpc) is 3.60. The molecular formula is C32H34N2O6S. The van der Waals surface area contributed by atoms with E-state index in [2.05, 4.69) is 5.32 Å². The third-order valence-electron chi connectivity index (χ3n) is 6.75. The Morgan fingerprint density at radius 2 is 1.66 bits per heavy atom. The van der Waals surface area contributed by atoms with E-state index in [1.807, 2.05) is 19.9 Å². The van der Waals surface area contributed by atoms with Gasteiger partial charge in [0.25, 0.3) is 5.91 Å². The molecule has 0 saturated heterocycles. The van der Waals surface area contributed by atoms with Crippen LogP contribution < -0.4 is 5.32 Å². The summed E-state index contributed by atoms with van der Waals surface area (Å²) in [5.74, 6) is -0.604. The van der Waals surface area contributed by atoms with Gasteiger partial charge in [-0.05, 0) is 68.4 Å². The predicted octanol–water partition coefficient (Wildman–Crippen LogP) is 7.35. The highest BCUT2D eigenvalue weighted by molar-refractivity contribution is 7.17. The van der Waals surface area contributed by atoms with Gasteiger partial charge in [0.15, 0.2) is 0 Å². The number of ether oxygens (including phenoxy) is 2. The Balaban J connectivity index is 1.48. The Kier molecular flexibility index (Phi) is 10.5. The quantitative estimate of drug-likeness (QED) is 0.104. The molecule has 0 bridgehead atoms. The summed E-state index contributed by atoms with van der Waals surface area (Å²) in [6, 6.07) is 12.2. The van der Waals surface area contributed by atoms with Crippen molar-refractivity contribution in [1.82, 2.24) is 0 Å². The van der Waals surface area contributed by atoms with Crippen molar-refractivity contribution in [1.29, 1.82) is 5.26 Å². The van der Waals surface area contributed by atoms with E-state index in [1.165, 1.54) is 17.4 Å². The fourth-order valence-corrected chi connectivity index (χ4v) is 5.73. The summed E-state index contributed by atoms with van der Waals surface area (Å²) in [4.78, 5) is 39.3. The number of nitrogens with one attached hydrogen (secondary N) is 1. The van der Waals surface area contributed by atoms with Crippen LogP contribution >= 0.6 is 11.3 Å². The number of carbonyl (C=O) groups is 3. The number of nitriles is 1. The van der Waals surface area contributed by atoms with Crippen molar-refractivity contribution >= 4 is 40.3 Å². The summed E-state index contributed by atoms with van der Waals surface area (Å²) in [6.07, 6.45) is 8.41. The van der Waals surface area contributed by atoms with E-state index in [9.17, 15) is 19.6 Å². The molecule has 1 aliphatic carbocycles. The van der Waals surface area contributed by atoms with Crippen LogP contribution in [0.4, 0.5) is 5.00 Å². The van der Waals surface area contributed by atoms with Crippen molar-refractivity contribution < 1.29 is 28.3 Å². The van der Waals surface area contributed by atoms with E-state index >= 15 is 0 Å². The highest BCUT2D eigenvalue weighted by atomic mass is 32.1. The summed E-state index contributed by atoms with van der Waals surface area (Å²) in [5, 5.41) is 13.0. The fourth-order valence-electron chi connectivity index (χ4n) is 4.46. The number of esters is 2. The van der Waals surface area contributed by atoms with Gasteiger partial charge in [0.1, 0.15) is 28.2 Å². The van der Waals surface area contributed by atoms with E-state index in [1.54, 1.807) is 36.4 Å². The minimum Gasteiger partial charge on any atom is -0.462 e. The van der Waals surface area contributed by atoms with Crippen LogP contribution in [0, 0.1) is 11.3 Å². The van der Waals surface area contributed by atoms with Crippen LogP contribution in [-0.4, -0.2) is 31.1 Å². The third kappa shape index (κ3) is 7.53. The summed E-state index contributed by atoms with van der Waals surface area (Å²) in [6.45, 7) is 4.76. The smallest absolute Gasteiger partial charge is 0.341 e. The second-order valence-corrected chi connectivity index (χ2v) is 10.9. The first-order valence-electron chi connectivity index (χ1n) is 14.1. The Bertz CT molecular complexity index is 1460. The van der Waals surface area contributed by atoms with Crippen LogP contribution in [-0.2, 0) is 27.1 Å². The molecule has 0 fully saturated rings. The van der Waals surface area contributed by atoms with Gasteiger partial charge in [-0.25, -0.2) is 9.59 Å². The van der Waals surface area contributed by atoms with Crippen molar-refractivity contribution in [3.63, 3.8) is 0 Å².